The number of anilines is 1. The molecule has 1 atom stereocenters. The van der Waals surface area contributed by atoms with Gasteiger partial charge in [-0.3, -0.25) is 9.48 Å². The molecule has 1 aromatic carbocycles. The van der Waals surface area contributed by atoms with Gasteiger partial charge in [-0.25, -0.2) is 9.48 Å². The van der Waals surface area contributed by atoms with Crippen molar-refractivity contribution in [3.63, 3.8) is 0 Å². The Bertz CT molecular complexity index is 989. The SMILES string of the molecule is Cc1ccccc1Cn1nc(NC(=O)C(C)n2nccc2C(=O)O)cc1C. The molecule has 140 valence electrons. The zero-order chi connectivity index (χ0) is 19.6. The van der Waals surface area contributed by atoms with E-state index in [9.17, 15) is 9.59 Å². The van der Waals surface area contributed by atoms with Crippen molar-refractivity contribution >= 4 is 17.7 Å². The first-order valence-electron chi connectivity index (χ1n) is 8.53. The van der Waals surface area contributed by atoms with Gasteiger partial charge in [-0.2, -0.15) is 10.2 Å². The Balaban J connectivity index is 1.74. The van der Waals surface area contributed by atoms with Crippen molar-refractivity contribution < 1.29 is 14.7 Å². The molecule has 2 heterocycles. The Kier molecular flexibility index (Phi) is 5.07. The molecule has 8 heteroatoms. The van der Waals surface area contributed by atoms with E-state index in [-0.39, 0.29) is 11.6 Å². The summed E-state index contributed by atoms with van der Waals surface area (Å²) < 4.78 is 2.99. The van der Waals surface area contributed by atoms with Crippen LogP contribution in [-0.2, 0) is 11.3 Å². The Morgan fingerprint density at radius 2 is 1.96 bits per heavy atom. The largest absolute Gasteiger partial charge is 0.477 e. The second-order valence-corrected chi connectivity index (χ2v) is 6.39. The third-order valence-corrected chi connectivity index (χ3v) is 4.45. The van der Waals surface area contributed by atoms with Gasteiger partial charge in [0.25, 0.3) is 0 Å². The lowest BCUT2D eigenvalue weighted by Crippen LogP contribution is -2.27. The molecule has 0 spiro atoms. The predicted molar refractivity (Wildman–Crippen MR) is 99.8 cm³/mol. The summed E-state index contributed by atoms with van der Waals surface area (Å²) >= 11 is 0. The van der Waals surface area contributed by atoms with E-state index < -0.39 is 12.0 Å². The topological polar surface area (TPSA) is 102 Å². The minimum atomic E-state index is -1.13. The molecular formula is C19H21N5O3. The van der Waals surface area contributed by atoms with Gasteiger partial charge in [-0.1, -0.05) is 24.3 Å². The Morgan fingerprint density at radius 3 is 2.67 bits per heavy atom. The quantitative estimate of drug-likeness (QED) is 0.697. The van der Waals surface area contributed by atoms with Crippen molar-refractivity contribution in [2.45, 2.75) is 33.4 Å². The fraction of sp³-hybridized carbons (Fsp3) is 0.263. The summed E-state index contributed by atoms with van der Waals surface area (Å²) in [5.41, 5.74) is 3.19. The molecule has 1 amide bonds. The van der Waals surface area contributed by atoms with Crippen molar-refractivity contribution in [1.29, 1.82) is 0 Å². The van der Waals surface area contributed by atoms with Crippen molar-refractivity contribution in [2.75, 3.05) is 5.32 Å². The van der Waals surface area contributed by atoms with E-state index in [1.807, 2.05) is 42.8 Å². The maximum absolute atomic E-state index is 12.5. The number of hydrogen-bond acceptors (Lipinski definition) is 4. The fourth-order valence-electron chi connectivity index (χ4n) is 2.81. The van der Waals surface area contributed by atoms with E-state index in [1.54, 1.807) is 13.0 Å². The van der Waals surface area contributed by atoms with Crippen LogP contribution < -0.4 is 5.32 Å². The predicted octanol–water partition coefficient (Wildman–Crippen LogP) is 2.64. The third kappa shape index (κ3) is 3.89. The summed E-state index contributed by atoms with van der Waals surface area (Å²) in [7, 11) is 0. The number of carbonyl (C=O) groups excluding carboxylic acids is 1. The maximum Gasteiger partial charge on any atom is 0.354 e. The Morgan fingerprint density at radius 1 is 1.22 bits per heavy atom. The van der Waals surface area contributed by atoms with Crippen LogP contribution in [0.3, 0.4) is 0 Å². The molecule has 3 rings (SSSR count). The van der Waals surface area contributed by atoms with Crippen LogP contribution in [0.2, 0.25) is 0 Å². The van der Waals surface area contributed by atoms with Crippen LogP contribution in [0.15, 0.2) is 42.6 Å². The first-order valence-corrected chi connectivity index (χ1v) is 8.53. The fourth-order valence-corrected chi connectivity index (χ4v) is 2.81. The molecule has 0 aliphatic carbocycles. The summed E-state index contributed by atoms with van der Waals surface area (Å²) in [4.78, 5) is 23.7. The van der Waals surface area contributed by atoms with Gasteiger partial charge < -0.3 is 10.4 Å². The van der Waals surface area contributed by atoms with Crippen LogP contribution in [0.5, 0.6) is 0 Å². The second-order valence-electron chi connectivity index (χ2n) is 6.39. The van der Waals surface area contributed by atoms with E-state index in [0.29, 0.717) is 12.4 Å². The lowest BCUT2D eigenvalue weighted by atomic mass is 10.1. The molecule has 0 bridgehead atoms. The summed E-state index contributed by atoms with van der Waals surface area (Å²) in [5.74, 6) is -1.10. The highest BCUT2D eigenvalue weighted by Gasteiger charge is 2.22. The van der Waals surface area contributed by atoms with Crippen molar-refractivity contribution in [2.24, 2.45) is 0 Å². The number of nitrogens with one attached hydrogen (secondary N) is 1. The van der Waals surface area contributed by atoms with Crippen LogP contribution in [-0.4, -0.2) is 36.5 Å². The molecule has 0 aliphatic rings. The number of aryl methyl sites for hydroxylation is 2. The zero-order valence-electron chi connectivity index (χ0n) is 15.4. The standard InChI is InChI=1S/C19H21N5O3/c1-12-6-4-5-7-15(12)11-23-13(2)10-17(22-23)21-18(25)14(3)24-16(19(26)27)8-9-20-24/h4-10,14H,11H2,1-3H3,(H,26,27)(H,21,22,25). The molecule has 1 unspecified atom stereocenters. The maximum atomic E-state index is 12.5. The van der Waals surface area contributed by atoms with Gasteiger partial charge in [0.15, 0.2) is 5.82 Å². The highest BCUT2D eigenvalue weighted by Crippen LogP contribution is 2.16. The number of amides is 1. The summed E-state index contributed by atoms with van der Waals surface area (Å²) in [6, 6.07) is 10.4. The minimum Gasteiger partial charge on any atom is -0.477 e. The molecule has 8 nitrogen and oxygen atoms in total. The molecule has 0 saturated heterocycles. The van der Waals surface area contributed by atoms with Crippen LogP contribution in [0, 0.1) is 13.8 Å². The third-order valence-electron chi connectivity index (χ3n) is 4.45. The molecule has 3 aromatic rings. The van der Waals surface area contributed by atoms with Gasteiger partial charge in [-0.05, 0) is 38.0 Å². The number of rotatable bonds is 6. The van der Waals surface area contributed by atoms with Gasteiger partial charge in [-0.15, -0.1) is 0 Å². The van der Waals surface area contributed by atoms with E-state index in [4.69, 9.17) is 5.11 Å². The average molecular weight is 367 g/mol. The smallest absolute Gasteiger partial charge is 0.354 e. The van der Waals surface area contributed by atoms with E-state index in [1.165, 1.54) is 22.5 Å². The van der Waals surface area contributed by atoms with Crippen molar-refractivity contribution in [3.05, 3.63) is 65.1 Å². The number of aromatic carboxylic acids is 1. The summed E-state index contributed by atoms with van der Waals surface area (Å²) in [6.45, 7) is 6.15. The molecule has 0 fully saturated rings. The number of aromatic nitrogens is 4. The number of carboxylic acids is 1. The zero-order valence-corrected chi connectivity index (χ0v) is 15.4. The summed E-state index contributed by atoms with van der Waals surface area (Å²) in [5, 5.41) is 20.3. The first-order chi connectivity index (χ1) is 12.9. The first kappa shape index (κ1) is 18.4. The Labute approximate surface area is 156 Å². The molecule has 2 aromatic heterocycles. The van der Waals surface area contributed by atoms with Crippen molar-refractivity contribution in [3.8, 4) is 0 Å². The minimum absolute atomic E-state index is 0.0427. The number of hydrogen-bond donors (Lipinski definition) is 2. The normalized spacial score (nSPS) is 12.0. The van der Waals surface area contributed by atoms with Crippen molar-refractivity contribution in [1.82, 2.24) is 19.6 Å². The van der Waals surface area contributed by atoms with Gasteiger partial charge in [0, 0.05) is 18.0 Å². The number of carboxylic acid groups (broad SMARTS) is 1. The number of benzene rings is 1. The number of carbonyl (C=O) groups is 2. The highest BCUT2D eigenvalue weighted by molar-refractivity contribution is 5.94. The van der Waals surface area contributed by atoms with E-state index in [0.717, 1.165) is 11.3 Å². The monoisotopic (exact) mass is 367 g/mol. The van der Waals surface area contributed by atoms with Gasteiger partial charge in [0.2, 0.25) is 5.91 Å². The molecule has 0 aliphatic heterocycles. The van der Waals surface area contributed by atoms with Crippen LogP contribution in [0.25, 0.3) is 0 Å². The number of nitrogens with zero attached hydrogens (tertiary/aromatic N) is 4. The van der Waals surface area contributed by atoms with E-state index in [2.05, 4.69) is 15.5 Å². The van der Waals surface area contributed by atoms with Crippen LogP contribution in [0.4, 0.5) is 5.82 Å². The molecule has 2 N–H and O–H groups in total. The van der Waals surface area contributed by atoms with E-state index >= 15 is 0 Å². The van der Waals surface area contributed by atoms with Gasteiger partial charge in [0.1, 0.15) is 11.7 Å². The lowest BCUT2D eigenvalue weighted by molar-refractivity contribution is -0.119. The molecular weight excluding hydrogens is 346 g/mol. The van der Waals surface area contributed by atoms with Crippen LogP contribution in [0.1, 0.15) is 40.3 Å². The van der Waals surface area contributed by atoms with Crippen LogP contribution >= 0.6 is 0 Å². The second kappa shape index (κ2) is 7.45. The van der Waals surface area contributed by atoms with Gasteiger partial charge in [0.05, 0.1) is 6.54 Å². The molecule has 0 radical (unpaired) electrons. The van der Waals surface area contributed by atoms with Gasteiger partial charge >= 0.3 is 5.97 Å². The average Bonchev–Trinajstić information content (AvgIpc) is 3.23. The Hall–Kier alpha value is -3.42. The molecule has 0 saturated carbocycles. The lowest BCUT2D eigenvalue weighted by Gasteiger charge is -2.13. The summed E-state index contributed by atoms with van der Waals surface area (Å²) in [6.07, 6.45) is 1.36. The highest BCUT2D eigenvalue weighted by atomic mass is 16.4. The molecule has 27 heavy (non-hydrogen) atoms.